The fraction of sp³-hybridized carbons (Fsp3) is 0.231. The number of anilines is 2. The molecule has 5 rings (SSSR count). The predicted octanol–water partition coefficient (Wildman–Crippen LogP) is 4.92. The van der Waals surface area contributed by atoms with E-state index < -0.39 is 0 Å². The molecule has 0 amide bonds. The normalized spacial score (nSPS) is 14.6. The number of rotatable bonds is 4. The van der Waals surface area contributed by atoms with Gasteiger partial charge in [-0.2, -0.15) is 0 Å². The molecule has 5 heteroatoms. The lowest BCUT2D eigenvalue weighted by Crippen LogP contribution is -2.36. The first-order chi connectivity index (χ1) is 15.2. The molecule has 1 saturated heterocycles. The van der Waals surface area contributed by atoms with E-state index in [9.17, 15) is 4.79 Å². The number of pyridine rings is 2. The second kappa shape index (κ2) is 8.36. The number of para-hydroxylation sites is 1. The van der Waals surface area contributed by atoms with Gasteiger partial charge in [-0.25, -0.2) is 0 Å². The molecule has 0 radical (unpaired) electrons. The van der Waals surface area contributed by atoms with Crippen LogP contribution in [0.3, 0.4) is 0 Å². The second-order valence-corrected chi connectivity index (χ2v) is 7.98. The average Bonchev–Trinajstić information content (AvgIpc) is 2.82. The molecule has 0 aliphatic carbocycles. The van der Waals surface area contributed by atoms with Crippen molar-refractivity contribution in [3.63, 3.8) is 0 Å². The quantitative estimate of drug-likeness (QED) is 0.478. The summed E-state index contributed by atoms with van der Waals surface area (Å²) < 4.78 is 7.25. The van der Waals surface area contributed by atoms with Gasteiger partial charge < -0.3 is 14.2 Å². The lowest BCUT2D eigenvalue weighted by Gasteiger charge is -2.36. The fourth-order valence-electron chi connectivity index (χ4n) is 4.36. The van der Waals surface area contributed by atoms with Crippen molar-refractivity contribution >= 4 is 22.3 Å². The maximum Gasteiger partial charge on any atom is 0.250 e. The van der Waals surface area contributed by atoms with Crippen LogP contribution in [0.4, 0.5) is 11.4 Å². The van der Waals surface area contributed by atoms with E-state index in [1.165, 1.54) is 5.69 Å². The summed E-state index contributed by atoms with van der Waals surface area (Å²) in [6.45, 7) is 1.56. The monoisotopic (exact) mass is 411 g/mol. The fourth-order valence-corrected chi connectivity index (χ4v) is 4.36. The van der Waals surface area contributed by atoms with Crippen LogP contribution in [0.2, 0.25) is 0 Å². The van der Waals surface area contributed by atoms with Crippen LogP contribution >= 0.6 is 0 Å². The Morgan fingerprint density at radius 2 is 1.74 bits per heavy atom. The van der Waals surface area contributed by atoms with Crippen LogP contribution in [-0.2, 0) is 11.8 Å². The van der Waals surface area contributed by atoms with E-state index in [0.717, 1.165) is 53.8 Å². The van der Waals surface area contributed by atoms with Gasteiger partial charge in [-0.1, -0.05) is 24.3 Å². The number of aromatic nitrogens is 2. The summed E-state index contributed by atoms with van der Waals surface area (Å²) in [5.74, 6) is 0. The standard InChI is InChI=1S/C26H25N3O2/c1-28-18-20(8-10-26(28)30)19-7-9-24-23(17-19)25(11-14-27-24)29(21-5-3-2-4-6-21)22-12-15-31-16-13-22/h2-11,14,17-18,22H,12-13,15-16H2,1H3. The molecular formula is C26H25N3O2. The zero-order valence-electron chi connectivity index (χ0n) is 17.6. The van der Waals surface area contributed by atoms with Crippen LogP contribution in [0.1, 0.15) is 12.8 Å². The summed E-state index contributed by atoms with van der Waals surface area (Å²) >= 11 is 0. The van der Waals surface area contributed by atoms with Gasteiger partial charge in [0.05, 0.1) is 11.2 Å². The minimum Gasteiger partial charge on any atom is -0.381 e. The summed E-state index contributed by atoms with van der Waals surface area (Å²) in [5.41, 5.74) is 5.35. The first-order valence-corrected chi connectivity index (χ1v) is 10.7. The number of hydrogen-bond acceptors (Lipinski definition) is 4. The summed E-state index contributed by atoms with van der Waals surface area (Å²) in [6, 6.07) is 22.8. The molecule has 0 N–H and O–H groups in total. The van der Waals surface area contributed by atoms with Gasteiger partial charge in [-0.05, 0) is 60.4 Å². The molecule has 3 heterocycles. The smallest absolute Gasteiger partial charge is 0.250 e. The van der Waals surface area contributed by atoms with Crippen molar-refractivity contribution in [2.45, 2.75) is 18.9 Å². The number of ether oxygens (including phenoxy) is 1. The molecule has 2 aromatic heterocycles. The van der Waals surface area contributed by atoms with Gasteiger partial charge in [0.2, 0.25) is 5.56 Å². The lowest BCUT2D eigenvalue weighted by molar-refractivity contribution is 0.0866. The zero-order chi connectivity index (χ0) is 21.2. The van der Waals surface area contributed by atoms with E-state index >= 15 is 0 Å². The summed E-state index contributed by atoms with van der Waals surface area (Å²) in [5, 5.41) is 1.10. The topological polar surface area (TPSA) is 47.4 Å². The lowest BCUT2D eigenvalue weighted by atomic mass is 10.0. The number of fused-ring (bicyclic) bond motifs is 1. The van der Waals surface area contributed by atoms with Gasteiger partial charge in [0.25, 0.3) is 0 Å². The highest BCUT2D eigenvalue weighted by Crippen LogP contribution is 2.37. The minimum atomic E-state index is -0.0123. The second-order valence-electron chi connectivity index (χ2n) is 7.98. The maximum atomic E-state index is 11.8. The molecule has 0 unspecified atom stereocenters. The van der Waals surface area contributed by atoms with E-state index in [-0.39, 0.29) is 5.56 Å². The van der Waals surface area contributed by atoms with Gasteiger partial charge in [-0.3, -0.25) is 9.78 Å². The summed E-state index contributed by atoms with van der Waals surface area (Å²) in [6.07, 6.45) is 5.74. The van der Waals surface area contributed by atoms with Crippen LogP contribution < -0.4 is 10.5 Å². The third-order valence-corrected chi connectivity index (χ3v) is 5.99. The Labute approximate surface area is 181 Å². The Balaban J connectivity index is 1.68. The SMILES string of the molecule is Cn1cc(-c2ccc3nccc(N(c4ccccc4)C4CCOCC4)c3c2)ccc1=O. The number of benzene rings is 2. The van der Waals surface area contributed by atoms with Crippen molar-refractivity contribution in [3.8, 4) is 11.1 Å². The van der Waals surface area contributed by atoms with Crippen LogP contribution in [0.5, 0.6) is 0 Å². The summed E-state index contributed by atoms with van der Waals surface area (Å²) in [4.78, 5) is 18.9. The summed E-state index contributed by atoms with van der Waals surface area (Å²) in [7, 11) is 1.78. The van der Waals surface area contributed by atoms with Gasteiger partial charge in [0, 0.05) is 55.8 Å². The number of nitrogens with zero attached hydrogens (tertiary/aromatic N) is 3. The molecule has 1 aliphatic heterocycles. The van der Waals surface area contributed by atoms with Crippen molar-refractivity contribution in [2.75, 3.05) is 18.1 Å². The van der Waals surface area contributed by atoms with Gasteiger partial charge in [0.15, 0.2) is 0 Å². The van der Waals surface area contributed by atoms with E-state index in [1.807, 2.05) is 24.5 Å². The van der Waals surface area contributed by atoms with E-state index in [2.05, 4.69) is 58.4 Å². The Hall–Kier alpha value is -3.44. The molecule has 0 spiro atoms. The molecule has 4 aromatic rings. The van der Waals surface area contributed by atoms with Crippen molar-refractivity contribution in [1.82, 2.24) is 9.55 Å². The highest BCUT2D eigenvalue weighted by atomic mass is 16.5. The van der Waals surface area contributed by atoms with Crippen molar-refractivity contribution in [1.29, 1.82) is 0 Å². The van der Waals surface area contributed by atoms with Gasteiger partial charge in [-0.15, -0.1) is 0 Å². The Bertz CT molecular complexity index is 1260. The van der Waals surface area contributed by atoms with Crippen molar-refractivity contribution in [3.05, 3.63) is 89.5 Å². The predicted molar refractivity (Wildman–Crippen MR) is 125 cm³/mol. The number of hydrogen-bond donors (Lipinski definition) is 0. The Morgan fingerprint density at radius 3 is 2.52 bits per heavy atom. The van der Waals surface area contributed by atoms with E-state index in [0.29, 0.717) is 6.04 Å². The Kier molecular flexibility index (Phi) is 5.26. The first-order valence-electron chi connectivity index (χ1n) is 10.7. The third kappa shape index (κ3) is 3.84. The van der Waals surface area contributed by atoms with Gasteiger partial charge >= 0.3 is 0 Å². The number of aryl methyl sites for hydroxylation is 1. The van der Waals surface area contributed by atoms with Crippen LogP contribution in [0.15, 0.2) is 83.9 Å². The first kappa shape index (κ1) is 19.5. The molecule has 31 heavy (non-hydrogen) atoms. The van der Waals surface area contributed by atoms with E-state index in [1.54, 1.807) is 17.7 Å². The highest BCUT2D eigenvalue weighted by molar-refractivity contribution is 5.96. The Morgan fingerprint density at radius 1 is 0.968 bits per heavy atom. The van der Waals surface area contributed by atoms with Crippen molar-refractivity contribution in [2.24, 2.45) is 7.05 Å². The maximum absolute atomic E-state index is 11.8. The molecule has 0 saturated carbocycles. The van der Waals surface area contributed by atoms with E-state index in [4.69, 9.17) is 4.74 Å². The van der Waals surface area contributed by atoms with Crippen molar-refractivity contribution < 1.29 is 4.74 Å². The largest absolute Gasteiger partial charge is 0.381 e. The van der Waals surface area contributed by atoms with Crippen LogP contribution in [0, 0.1) is 0 Å². The molecule has 0 atom stereocenters. The molecule has 5 nitrogen and oxygen atoms in total. The highest BCUT2D eigenvalue weighted by Gasteiger charge is 2.25. The molecule has 156 valence electrons. The minimum absolute atomic E-state index is 0.0123. The van der Waals surface area contributed by atoms with Crippen LogP contribution in [0.25, 0.3) is 22.0 Å². The average molecular weight is 412 g/mol. The molecule has 1 aliphatic rings. The third-order valence-electron chi connectivity index (χ3n) is 5.99. The zero-order valence-corrected chi connectivity index (χ0v) is 17.6. The molecule has 0 bridgehead atoms. The molecular weight excluding hydrogens is 386 g/mol. The molecule has 1 fully saturated rings. The van der Waals surface area contributed by atoms with Crippen LogP contribution in [-0.4, -0.2) is 28.8 Å². The molecule has 2 aromatic carbocycles. The van der Waals surface area contributed by atoms with Gasteiger partial charge in [0.1, 0.15) is 0 Å².